The van der Waals surface area contributed by atoms with Gasteiger partial charge in [0.2, 0.25) is 5.91 Å². The highest BCUT2D eigenvalue weighted by atomic mass is 79.9. The molecule has 6 heteroatoms. The number of halogens is 2. The maximum Gasteiger partial charge on any atom is 0.234 e. The quantitative estimate of drug-likeness (QED) is 0.359. The lowest BCUT2D eigenvalue weighted by Gasteiger charge is -2.11. The zero-order valence-corrected chi connectivity index (χ0v) is 17.3. The molecule has 0 saturated heterocycles. The van der Waals surface area contributed by atoms with E-state index in [1.807, 2.05) is 30.3 Å². The van der Waals surface area contributed by atoms with Gasteiger partial charge < -0.3 is 5.32 Å². The van der Waals surface area contributed by atoms with Gasteiger partial charge in [-0.05, 0) is 42.5 Å². The Morgan fingerprint density at radius 3 is 2.37 bits per heavy atom. The van der Waals surface area contributed by atoms with Crippen LogP contribution in [0, 0.1) is 0 Å². The van der Waals surface area contributed by atoms with Crippen molar-refractivity contribution in [2.45, 2.75) is 4.90 Å². The zero-order chi connectivity index (χ0) is 19.2. The molecule has 0 fully saturated rings. The highest BCUT2D eigenvalue weighted by Crippen LogP contribution is 2.25. The molecule has 0 aliphatic heterocycles. The lowest BCUT2D eigenvalue weighted by atomic mass is 10.0. The monoisotopic (exact) mass is 459 g/mol. The van der Waals surface area contributed by atoms with E-state index < -0.39 is 0 Å². The van der Waals surface area contributed by atoms with E-state index in [1.54, 1.807) is 42.5 Å². The molecule has 1 amide bonds. The first-order valence-electron chi connectivity index (χ1n) is 8.10. The molecule has 0 unspecified atom stereocenters. The SMILES string of the molecule is O=C(CSc1ccc(Cl)cc1)Nc1ccc(Br)cc1C(=O)c1ccccc1. The second-order valence-corrected chi connectivity index (χ2v) is 8.08. The van der Waals surface area contributed by atoms with Gasteiger partial charge in [-0.25, -0.2) is 0 Å². The summed E-state index contributed by atoms with van der Waals surface area (Å²) in [5.41, 5.74) is 1.51. The number of nitrogens with one attached hydrogen (secondary N) is 1. The van der Waals surface area contributed by atoms with E-state index >= 15 is 0 Å². The Kier molecular flexibility index (Phi) is 6.72. The average molecular weight is 461 g/mol. The van der Waals surface area contributed by atoms with Gasteiger partial charge in [0, 0.05) is 25.5 Å². The summed E-state index contributed by atoms with van der Waals surface area (Å²) in [4.78, 5) is 26.1. The largest absolute Gasteiger partial charge is 0.325 e. The van der Waals surface area contributed by atoms with E-state index in [9.17, 15) is 9.59 Å². The minimum Gasteiger partial charge on any atom is -0.325 e. The molecule has 0 spiro atoms. The molecule has 0 aromatic heterocycles. The number of carbonyl (C=O) groups is 2. The number of rotatable bonds is 6. The molecular weight excluding hydrogens is 446 g/mol. The first-order chi connectivity index (χ1) is 13.0. The predicted molar refractivity (Wildman–Crippen MR) is 115 cm³/mol. The number of hydrogen-bond acceptors (Lipinski definition) is 3. The molecule has 0 heterocycles. The lowest BCUT2D eigenvalue weighted by molar-refractivity contribution is -0.113. The third kappa shape index (κ3) is 5.45. The average Bonchev–Trinajstić information content (AvgIpc) is 2.69. The molecule has 0 aliphatic carbocycles. The van der Waals surface area contributed by atoms with Crippen LogP contribution in [0.5, 0.6) is 0 Å². The minimum atomic E-state index is -0.181. The maximum atomic E-state index is 12.8. The van der Waals surface area contributed by atoms with Crippen molar-refractivity contribution in [3.8, 4) is 0 Å². The molecule has 0 saturated carbocycles. The van der Waals surface area contributed by atoms with Crippen molar-refractivity contribution in [1.82, 2.24) is 0 Å². The zero-order valence-electron chi connectivity index (χ0n) is 14.1. The highest BCUT2D eigenvalue weighted by Gasteiger charge is 2.16. The summed E-state index contributed by atoms with van der Waals surface area (Å²) in [6.45, 7) is 0. The molecule has 27 heavy (non-hydrogen) atoms. The Hall–Kier alpha value is -2.08. The molecule has 1 N–H and O–H groups in total. The van der Waals surface area contributed by atoms with Crippen LogP contribution < -0.4 is 5.32 Å². The predicted octanol–water partition coefficient (Wildman–Crippen LogP) is 6.06. The normalized spacial score (nSPS) is 10.4. The summed E-state index contributed by atoms with van der Waals surface area (Å²) in [6.07, 6.45) is 0. The lowest BCUT2D eigenvalue weighted by Crippen LogP contribution is -2.17. The molecule has 3 aromatic rings. The van der Waals surface area contributed by atoms with E-state index in [-0.39, 0.29) is 17.4 Å². The Morgan fingerprint density at radius 1 is 0.963 bits per heavy atom. The number of thioether (sulfide) groups is 1. The first-order valence-corrected chi connectivity index (χ1v) is 10.3. The van der Waals surface area contributed by atoms with Gasteiger partial charge in [0.15, 0.2) is 5.78 Å². The topological polar surface area (TPSA) is 46.2 Å². The summed E-state index contributed by atoms with van der Waals surface area (Å²) < 4.78 is 0.773. The van der Waals surface area contributed by atoms with Crippen molar-refractivity contribution in [1.29, 1.82) is 0 Å². The molecule has 3 nitrogen and oxygen atoms in total. The molecule has 0 aliphatic rings. The van der Waals surface area contributed by atoms with Gasteiger partial charge in [0.25, 0.3) is 0 Å². The van der Waals surface area contributed by atoms with Crippen LogP contribution in [-0.4, -0.2) is 17.4 Å². The van der Waals surface area contributed by atoms with Crippen LogP contribution in [-0.2, 0) is 4.79 Å². The van der Waals surface area contributed by atoms with E-state index in [1.165, 1.54) is 11.8 Å². The second kappa shape index (κ2) is 9.22. The number of anilines is 1. The van der Waals surface area contributed by atoms with Crippen molar-refractivity contribution in [2.24, 2.45) is 0 Å². The number of hydrogen-bond donors (Lipinski definition) is 1. The molecule has 0 radical (unpaired) electrons. The van der Waals surface area contributed by atoms with Gasteiger partial charge in [-0.3, -0.25) is 9.59 Å². The fraction of sp³-hybridized carbons (Fsp3) is 0.0476. The fourth-order valence-corrected chi connectivity index (χ4v) is 3.61. The van der Waals surface area contributed by atoms with E-state index in [4.69, 9.17) is 11.6 Å². The Balaban J connectivity index is 1.73. The van der Waals surface area contributed by atoms with Gasteiger partial charge in [-0.1, -0.05) is 57.9 Å². The van der Waals surface area contributed by atoms with Crippen LogP contribution >= 0.6 is 39.3 Å². The summed E-state index contributed by atoms with van der Waals surface area (Å²) in [7, 11) is 0. The highest BCUT2D eigenvalue weighted by molar-refractivity contribution is 9.10. The Morgan fingerprint density at radius 2 is 1.67 bits per heavy atom. The van der Waals surface area contributed by atoms with E-state index in [2.05, 4.69) is 21.2 Å². The van der Waals surface area contributed by atoms with Gasteiger partial charge in [-0.2, -0.15) is 0 Å². The van der Waals surface area contributed by atoms with Crippen molar-refractivity contribution >= 4 is 56.7 Å². The van der Waals surface area contributed by atoms with Crippen LogP contribution in [0.15, 0.2) is 82.2 Å². The van der Waals surface area contributed by atoms with Crippen molar-refractivity contribution < 1.29 is 9.59 Å². The first kappa shape index (κ1) is 19.7. The van der Waals surface area contributed by atoms with Gasteiger partial charge in [-0.15, -0.1) is 11.8 Å². The van der Waals surface area contributed by atoms with Gasteiger partial charge in [0.05, 0.1) is 11.4 Å². The molecular formula is C21H15BrClNO2S. The number of amides is 1. The third-order valence-corrected chi connectivity index (χ3v) is 5.48. The standard InChI is InChI=1S/C21H15BrClNO2S/c22-15-6-11-19(18(12-15)21(26)14-4-2-1-3-5-14)24-20(25)13-27-17-9-7-16(23)8-10-17/h1-12H,13H2,(H,24,25). The Bertz CT molecular complexity index is 962. The molecule has 0 atom stereocenters. The third-order valence-electron chi connectivity index (χ3n) is 3.72. The molecule has 3 aromatic carbocycles. The number of benzene rings is 3. The summed E-state index contributed by atoms with van der Waals surface area (Å²) in [5, 5.41) is 3.50. The molecule has 136 valence electrons. The summed E-state index contributed by atoms with van der Waals surface area (Å²) >= 11 is 10.7. The fourth-order valence-electron chi connectivity index (χ4n) is 2.42. The van der Waals surface area contributed by atoms with Crippen LogP contribution in [0.1, 0.15) is 15.9 Å². The number of carbonyl (C=O) groups excluding carboxylic acids is 2. The molecule has 3 rings (SSSR count). The van der Waals surface area contributed by atoms with Crippen LogP contribution in [0.3, 0.4) is 0 Å². The van der Waals surface area contributed by atoms with Gasteiger partial charge >= 0.3 is 0 Å². The minimum absolute atomic E-state index is 0.141. The van der Waals surface area contributed by atoms with Crippen molar-refractivity contribution in [3.05, 3.63) is 93.4 Å². The smallest absolute Gasteiger partial charge is 0.234 e. The summed E-state index contributed by atoms with van der Waals surface area (Å²) in [5.74, 6) is -0.0895. The van der Waals surface area contributed by atoms with Crippen LogP contribution in [0.2, 0.25) is 5.02 Å². The Labute approximate surface area is 175 Å². The van der Waals surface area contributed by atoms with Crippen molar-refractivity contribution in [3.63, 3.8) is 0 Å². The van der Waals surface area contributed by atoms with E-state index in [0.29, 0.717) is 21.8 Å². The summed E-state index contributed by atoms with van der Waals surface area (Å²) in [6, 6.07) is 21.5. The van der Waals surface area contributed by atoms with E-state index in [0.717, 1.165) is 9.37 Å². The van der Waals surface area contributed by atoms with Crippen LogP contribution in [0.25, 0.3) is 0 Å². The maximum absolute atomic E-state index is 12.8. The number of ketones is 1. The van der Waals surface area contributed by atoms with Crippen LogP contribution in [0.4, 0.5) is 5.69 Å². The second-order valence-electron chi connectivity index (χ2n) is 5.68. The van der Waals surface area contributed by atoms with Crippen molar-refractivity contribution in [2.75, 3.05) is 11.1 Å². The van der Waals surface area contributed by atoms with Gasteiger partial charge in [0.1, 0.15) is 0 Å². The molecule has 0 bridgehead atoms.